The Balaban J connectivity index is 2.19. The Morgan fingerprint density at radius 1 is 1.46 bits per heavy atom. The van der Waals surface area contributed by atoms with Crippen LogP contribution in [0.25, 0.3) is 6.08 Å². The summed E-state index contributed by atoms with van der Waals surface area (Å²) in [6, 6.07) is 5.33. The highest BCUT2D eigenvalue weighted by atomic mass is 79.9. The van der Waals surface area contributed by atoms with Crippen molar-refractivity contribution in [2.24, 2.45) is 0 Å². The molecule has 0 radical (unpaired) electrons. The van der Waals surface area contributed by atoms with Gasteiger partial charge >= 0.3 is 5.97 Å². The van der Waals surface area contributed by atoms with E-state index in [0.29, 0.717) is 16.2 Å². The molecule has 1 aliphatic heterocycles. The molecule has 0 spiro atoms. The number of benzene rings is 1. The molecule has 1 heterocycles. The number of carbonyl (C=O) groups is 3. The molecule has 1 saturated heterocycles. The van der Waals surface area contributed by atoms with Crippen molar-refractivity contribution in [2.75, 3.05) is 6.54 Å². The predicted octanol–water partition coefficient (Wildman–Crippen LogP) is 3.75. The Bertz CT molecular complexity index is 718. The number of ether oxygens (including phenoxy) is 1. The van der Waals surface area contributed by atoms with Crippen LogP contribution in [0.5, 0.6) is 5.75 Å². The van der Waals surface area contributed by atoms with E-state index in [4.69, 9.17) is 9.84 Å². The van der Waals surface area contributed by atoms with E-state index in [9.17, 15) is 14.4 Å². The average Bonchev–Trinajstić information content (AvgIpc) is 2.77. The molecule has 0 aliphatic carbocycles. The van der Waals surface area contributed by atoms with Gasteiger partial charge in [-0.05, 0) is 64.8 Å². The van der Waals surface area contributed by atoms with Crippen molar-refractivity contribution in [3.8, 4) is 5.75 Å². The lowest BCUT2D eigenvalue weighted by Crippen LogP contribution is -2.33. The van der Waals surface area contributed by atoms with Crippen LogP contribution in [0.3, 0.4) is 0 Å². The molecule has 2 rings (SSSR count). The van der Waals surface area contributed by atoms with E-state index >= 15 is 0 Å². The summed E-state index contributed by atoms with van der Waals surface area (Å²) >= 11 is 4.16. The van der Waals surface area contributed by atoms with Gasteiger partial charge in [-0.2, -0.15) is 0 Å². The summed E-state index contributed by atoms with van der Waals surface area (Å²) < 4.78 is 6.49. The molecule has 1 atom stereocenters. The number of carbonyl (C=O) groups excluding carboxylic acids is 2. The molecule has 24 heavy (non-hydrogen) atoms. The quantitative estimate of drug-likeness (QED) is 0.714. The minimum absolute atomic E-state index is 0.0830. The SMILES string of the molecule is CC[C@@H](C)Oc1ccc(/C=C2/SC(=O)N(CC(=O)O)C2=O)cc1Br. The summed E-state index contributed by atoms with van der Waals surface area (Å²) in [4.78, 5) is 35.5. The highest BCUT2D eigenvalue weighted by Crippen LogP contribution is 2.34. The number of nitrogens with zero attached hydrogens (tertiary/aromatic N) is 1. The van der Waals surface area contributed by atoms with Crippen LogP contribution in [0.2, 0.25) is 0 Å². The topological polar surface area (TPSA) is 83.9 Å². The molecule has 0 saturated carbocycles. The minimum atomic E-state index is -1.23. The zero-order valence-electron chi connectivity index (χ0n) is 13.1. The maximum Gasteiger partial charge on any atom is 0.323 e. The number of rotatable bonds is 6. The highest BCUT2D eigenvalue weighted by Gasteiger charge is 2.36. The lowest BCUT2D eigenvalue weighted by atomic mass is 10.2. The first-order chi connectivity index (χ1) is 11.3. The molecule has 1 fully saturated rings. The summed E-state index contributed by atoms with van der Waals surface area (Å²) in [6.07, 6.45) is 2.52. The number of amides is 2. The normalized spacial score (nSPS) is 17.5. The molecule has 0 aromatic heterocycles. The van der Waals surface area contributed by atoms with Gasteiger partial charge in [-0.15, -0.1) is 0 Å². The molecule has 6 nitrogen and oxygen atoms in total. The smallest absolute Gasteiger partial charge is 0.323 e. The molecule has 0 unspecified atom stereocenters. The Morgan fingerprint density at radius 2 is 2.17 bits per heavy atom. The van der Waals surface area contributed by atoms with Crippen molar-refractivity contribution < 1.29 is 24.2 Å². The number of aliphatic carboxylic acids is 1. The monoisotopic (exact) mass is 413 g/mol. The van der Waals surface area contributed by atoms with Gasteiger partial charge in [0.2, 0.25) is 0 Å². The van der Waals surface area contributed by atoms with E-state index in [-0.39, 0.29) is 11.0 Å². The van der Waals surface area contributed by atoms with Crippen LogP contribution in [-0.2, 0) is 9.59 Å². The zero-order valence-corrected chi connectivity index (χ0v) is 15.5. The van der Waals surface area contributed by atoms with Crippen LogP contribution in [0.1, 0.15) is 25.8 Å². The van der Waals surface area contributed by atoms with Crippen LogP contribution in [0.15, 0.2) is 27.6 Å². The van der Waals surface area contributed by atoms with Crippen molar-refractivity contribution >= 4 is 50.9 Å². The van der Waals surface area contributed by atoms with Crippen molar-refractivity contribution in [3.05, 3.63) is 33.1 Å². The Kier molecular flexibility index (Phi) is 6.06. The van der Waals surface area contributed by atoms with E-state index in [1.807, 2.05) is 13.8 Å². The van der Waals surface area contributed by atoms with Gasteiger partial charge in [-0.1, -0.05) is 13.0 Å². The minimum Gasteiger partial charge on any atom is -0.490 e. The summed E-state index contributed by atoms with van der Waals surface area (Å²) in [6.45, 7) is 3.37. The van der Waals surface area contributed by atoms with Gasteiger partial charge in [-0.3, -0.25) is 19.3 Å². The molecule has 0 bridgehead atoms. The first kappa shape index (κ1) is 18.5. The van der Waals surface area contributed by atoms with E-state index in [1.165, 1.54) is 0 Å². The summed E-state index contributed by atoms with van der Waals surface area (Å²) in [7, 11) is 0. The molecule has 1 aliphatic rings. The van der Waals surface area contributed by atoms with E-state index < -0.39 is 23.7 Å². The predicted molar refractivity (Wildman–Crippen MR) is 94.8 cm³/mol. The van der Waals surface area contributed by atoms with Crippen LogP contribution in [0.4, 0.5) is 4.79 Å². The van der Waals surface area contributed by atoms with E-state index in [1.54, 1.807) is 24.3 Å². The fourth-order valence-electron chi connectivity index (χ4n) is 1.93. The molecule has 1 N–H and O–H groups in total. The maximum absolute atomic E-state index is 12.1. The second-order valence-electron chi connectivity index (χ2n) is 5.19. The number of carboxylic acids is 1. The first-order valence-electron chi connectivity index (χ1n) is 7.25. The van der Waals surface area contributed by atoms with Gasteiger partial charge < -0.3 is 9.84 Å². The third-order valence-electron chi connectivity index (χ3n) is 3.32. The van der Waals surface area contributed by atoms with Crippen LogP contribution < -0.4 is 4.74 Å². The van der Waals surface area contributed by atoms with Gasteiger partial charge in [0.1, 0.15) is 12.3 Å². The third kappa shape index (κ3) is 4.39. The molecule has 2 amide bonds. The van der Waals surface area contributed by atoms with Gasteiger partial charge in [0, 0.05) is 0 Å². The fourth-order valence-corrected chi connectivity index (χ4v) is 3.25. The van der Waals surface area contributed by atoms with Gasteiger partial charge in [0.15, 0.2) is 0 Å². The van der Waals surface area contributed by atoms with Gasteiger partial charge in [-0.25, -0.2) is 0 Å². The second-order valence-corrected chi connectivity index (χ2v) is 7.04. The number of hydrogen-bond donors (Lipinski definition) is 1. The summed E-state index contributed by atoms with van der Waals surface area (Å²) in [5, 5.41) is 8.17. The van der Waals surface area contributed by atoms with E-state index in [0.717, 1.165) is 22.7 Å². The van der Waals surface area contributed by atoms with Gasteiger partial charge in [0.05, 0.1) is 15.5 Å². The average molecular weight is 414 g/mol. The lowest BCUT2D eigenvalue weighted by molar-refractivity contribution is -0.140. The number of carboxylic acid groups (broad SMARTS) is 1. The Morgan fingerprint density at radius 3 is 2.75 bits per heavy atom. The van der Waals surface area contributed by atoms with Crippen LogP contribution in [0, 0.1) is 0 Å². The highest BCUT2D eigenvalue weighted by molar-refractivity contribution is 9.10. The first-order valence-corrected chi connectivity index (χ1v) is 8.86. The van der Waals surface area contributed by atoms with Crippen molar-refractivity contribution in [1.29, 1.82) is 0 Å². The second kappa shape index (κ2) is 7.85. The lowest BCUT2D eigenvalue weighted by Gasteiger charge is -2.14. The number of halogens is 1. The van der Waals surface area contributed by atoms with E-state index in [2.05, 4.69) is 15.9 Å². The summed E-state index contributed by atoms with van der Waals surface area (Å²) in [5.74, 6) is -1.13. The molecule has 1 aromatic carbocycles. The van der Waals surface area contributed by atoms with Crippen molar-refractivity contribution in [1.82, 2.24) is 4.90 Å². The van der Waals surface area contributed by atoms with Gasteiger partial charge in [0.25, 0.3) is 11.1 Å². The van der Waals surface area contributed by atoms with Crippen LogP contribution >= 0.6 is 27.7 Å². The molecule has 8 heteroatoms. The molecule has 1 aromatic rings. The Labute approximate surface area is 152 Å². The number of thioether (sulfide) groups is 1. The fraction of sp³-hybridized carbons (Fsp3) is 0.312. The zero-order chi connectivity index (χ0) is 17.9. The number of hydrogen-bond acceptors (Lipinski definition) is 5. The summed E-state index contributed by atoms with van der Waals surface area (Å²) in [5.41, 5.74) is 0.708. The van der Waals surface area contributed by atoms with Crippen LogP contribution in [-0.4, -0.2) is 39.8 Å². The standard InChI is InChI=1S/C16H16BrNO5S/c1-3-9(2)23-12-5-4-10(6-11(12)17)7-13-15(21)18(8-14(19)20)16(22)24-13/h4-7,9H,3,8H2,1-2H3,(H,19,20)/b13-7+/t9-/m1/s1. The largest absolute Gasteiger partial charge is 0.490 e. The molecular weight excluding hydrogens is 398 g/mol. The maximum atomic E-state index is 12.1. The number of imide groups is 1. The van der Waals surface area contributed by atoms with Crippen molar-refractivity contribution in [2.45, 2.75) is 26.4 Å². The molecular formula is C16H16BrNO5S. The molecule has 128 valence electrons. The Hall–Kier alpha value is -1.80. The third-order valence-corrected chi connectivity index (χ3v) is 4.85. The van der Waals surface area contributed by atoms with Crippen molar-refractivity contribution in [3.63, 3.8) is 0 Å².